The smallest absolute Gasteiger partial charge is 0.138 e. The Morgan fingerprint density at radius 3 is 3.07 bits per heavy atom. The minimum atomic E-state index is 0.192. The zero-order chi connectivity index (χ0) is 10.8. The molecule has 0 fully saturated rings. The summed E-state index contributed by atoms with van der Waals surface area (Å²) in [6, 6.07) is 3.83. The van der Waals surface area contributed by atoms with Crippen molar-refractivity contribution in [3.63, 3.8) is 0 Å². The zero-order valence-electron chi connectivity index (χ0n) is 8.40. The number of halogens is 1. The molecule has 0 atom stereocenters. The van der Waals surface area contributed by atoms with Crippen molar-refractivity contribution in [3.8, 4) is 0 Å². The van der Waals surface area contributed by atoms with Gasteiger partial charge in [0.2, 0.25) is 0 Å². The summed E-state index contributed by atoms with van der Waals surface area (Å²) in [5.41, 5.74) is 1.02. The number of ketones is 1. The van der Waals surface area contributed by atoms with Gasteiger partial charge >= 0.3 is 0 Å². The molecule has 0 saturated carbocycles. The molecule has 0 aliphatic rings. The van der Waals surface area contributed by atoms with Gasteiger partial charge in [0.05, 0.1) is 5.52 Å². The number of pyridine rings is 1. The number of hydrogen-bond donors (Lipinski definition) is 0. The molecule has 78 valence electrons. The van der Waals surface area contributed by atoms with Crippen LogP contribution >= 0.6 is 11.6 Å². The first-order valence-electron chi connectivity index (χ1n) is 4.77. The van der Waals surface area contributed by atoms with Crippen LogP contribution in [0.15, 0.2) is 24.5 Å². The van der Waals surface area contributed by atoms with Gasteiger partial charge in [0.1, 0.15) is 10.9 Å². The van der Waals surface area contributed by atoms with E-state index in [1.165, 1.54) is 0 Å². The van der Waals surface area contributed by atoms with Gasteiger partial charge in [-0.2, -0.15) is 0 Å². The first-order valence-corrected chi connectivity index (χ1v) is 5.15. The van der Waals surface area contributed by atoms with Crippen LogP contribution in [0.3, 0.4) is 0 Å². The van der Waals surface area contributed by atoms with Gasteiger partial charge in [-0.15, -0.1) is 0 Å². The first kappa shape index (κ1) is 10.2. The molecule has 0 amide bonds. The molecule has 0 unspecified atom stereocenters. The van der Waals surface area contributed by atoms with E-state index < -0.39 is 0 Å². The molecule has 2 rings (SSSR count). The van der Waals surface area contributed by atoms with E-state index in [1.807, 2.05) is 22.9 Å². The highest BCUT2D eigenvalue weighted by molar-refractivity contribution is 6.34. The lowest BCUT2D eigenvalue weighted by Gasteiger charge is -2.03. The number of nitrogens with zero attached hydrogens (tertiary/aromatic N) is 2. The molecule has 0 radical (unpaired) electrons. The molecule has 15 heavy (non-hydrogen) atoms. The van der Waals surface area contributed by atoms with Crippen LogP contribution in [0.5, 0.6) is 0 Å². The molecule has 2 heterocycles. The molecule has 0 spiro atoms. The molecular weight excluding hydrogens is 212 g/mol. The largest absolute Gasteiger partial charge is 0.347 e. The summed E-state index contributed by atoms with van der Waals surface area (Å²) >= 11 is 5.94. The van der Waals surface area contributed by atoms with Crippen LogP contribution in [-0.2, 0) is 11.3 Å². The summed E-state index contributed by atoms with van der Waals surface area (Å²) in [7, 11) is 0. The summed E-state index contributed by atoms with van der Waals surface area (Å²) < 4.78 is 2.02. The van der Waals surface area contributed by atoms with Crippen molar-refractivity contribution in [2.24, 2.45) is 0 Å². The average molecular weight is 223 g/mol. The Morgan fingerprint density at radius 1 is 1.53 bits per heavy atom. The summed E-state index contributed by atoms with van der Waals surface area (Å²) in [4.78, 5) is 14.9. The topological polar surface area (TPSA) is 34.9 Å². The standard InChI is InChI=1S/C11H11ClN2O/c1-8(15)3-6-14-7-4-9-10(14)2-5-13-11(9)12/h2,4-5,7H,3,6H2,1H3. The predicted octanol–water partition coefficient (Wildman–Crippen LogP) is 2.67. The second-order valence-electron chi connectivity index (χ2n) is 3.50. The summed E-state index contributed by atoms with van der Waals surface area (Å²) in [6.45, 7) is 2.29. The van der Waals surface area contributed by atoms with Gasteiger partial charge in [0.15, 0.2) is 0 Å². The number of aromatic nitrogens is 2. The number of fused-ring (bicyclic) bond motifs is 1. The number of hydrogen-bond acceptors (Lipinski definition) is 2. The predicted molar refractivity (Wildman–Crippen MR) is 60.0 cm³/mol. The van der Waals surface area contributed by atoms with E-state index in [4.69, 9.17) is 11.6 Å². The molecule has 2 aromatic rings. The maximum absolute atomic E-state index is 10.9. The van der Waals surface area contributed by atoms with Crippen molar-refractivity contribution in [1.82, 2.24) is 9.55 Å². The highest BCUT2D eigenvalue weighted by Gasteiger charge is 2.05. The fraction of sp³-hybridized carbons (Fsp3) is 0.273. The van der Waals surface area contributed by atoms with E-state index in [9.17, 15) is 4.79 Å². The second-order valence-corrected chi connectivity index (χ2v) is 3.85. The molecule has 0 aromatic carbocycles. The Morgan fingerprint density at radius 2 is 2.33 bits per heavy atom. The van der Waals surface area contributed by atoms with Gasteiger partial charge in [-0.05, 0) is 19.1 Å². The number of carbonyl (C=O) groups is 1. The molecule has 0 saturated heterocycles. The average Bonchev–Trinajstić information content (AvgIpc) is 2.59. The van der Waals surface area contributed by atoms with Crippen molar-refractivity contribution >= 4 is 28.3 Å². The first-order chi connectivity index (χ1) is 7.18. The summed E-state index contributed by atoms with van der Waals surface area (Å²) in [5.74, 6) is 0.192. The van der Waals surface area contributed by atoms with Crippen molar-refractivity contribution in [2.45, 2.75) is 19.9 Å². The SMILES string of the molecule is CC(=O)CCn1ccc2c(Cl)nccc21. The van der Waals surface area contributed by atoms with Crippen LogP contribution in [-0.4, -0.2) is 15.3 Å². The molecule has 4 heteroatoms. The van der Waals surface area contributed by atoms with E-state index in [0.29, 0.717) is 18.1 Å². The second kappa shape index (κ2) is 4.03. The number of carbonyl (C=O) groups excluding carboxylic acids is 1. The van der Waals surface area contributed by atoms with Gasteiger partial charge in [-0.3, -0.25) is 4.79 Å². The van der Waals surface area contributed by atoms with E-state index in [-0.39, 0.29) is 5.78 Å². The third kappa shape index (κ3) is 2.02. The van der Waals surface area contributed by atoms with Crippen molar-refractivity contribution in [1.29, 1.82) is 0 Å². The molecule has 2 aromatic heterocycles. The van der Waals surface area contributed by atoms with Crippen molar-refractivity contribution < 1.29 is 4.79 Å². The quantitative estimate of drug-likeness (QED) is 0.749. The molecular formula is C11H11ClN2O. The number of aryl methyl sites for hydroxylation is 1. The van der Waals surface area contributed by atoms with Gasteiger partial charge in [0.25, 0.3) is 0 Å². The number of rotatable bonds is 3. The van der Waals surface area contributed by atoms with Crippen LogP contribution in [0.2, 0.25) is 5.15 Å². The minimum Gasteiger partial charge on any atom is -0.347 e. The maximum Gasteiger partial charge on any atom is 0.138 e. The van der Waals surface area contributed by atoms with Gasteiger partial charge in [-0.25, -0.2) is 4.98 Å². The molecule has 0 bridgehead atoms. The lowest BCUT2D eigenvalue weighted by Crippen LogP contribution is -2.01. The van der Waals surface area contributed by atoms with Gasteiger partial charge in [0, 0.05) is 30.7 Å². The fourth-order valence-electron chi connectivity index (χ4n) is 1.56. The summed E-state index contributed by atoms with van der Waals surface area (Å²) in [5, 5.41) is 1.44. The lowest BCUT2D eigenvalue weighted by atomic mass is 10.3. The van der Waals surface area contributed by atoms with E-state index >= 15 is 0 Å². The highest BCUT2D eigenvalue weighted by Crippen LogP contribution is 2.22. The molecule has 0 aliphatic carbocycles. The zero-order valence-corrected chi connectivity index (χ0v) is 9.16. The Balaban J connectivity index is 2.37. The van der Waals surface area contributed by atoms with E-state index in [1.54, 1.807) is 13.1 Å². The Hall–Kier alpha value is -1.35. The summed E-state index contributed by atoms with van der Waals surface area (Å²) in [6.07, 6.45) is 4.15. The normalized spacial score (nSPS) is 10.8. The van der Waals surface area contributed by atoms with Crippen LogP contribution in [0, 0.1) is 0 Å². The Kier molecular flexibility index (Phi) is 2.73. The van der Waals surface area contributed by atoms with Crippen LogP contribution in [0.25, 0.3) is 10.9 Å². The molecule has 0 aliphatic heterocycles. The van der Waals surface area contributed by atoms with E-state index in [2.05, 4.69) is 4.98 Å². The third-order valence-electron chi connectivity index (χ3n) is 2.35. The van der Waals surface area contributed by atoms with Crippen LogP contribution in [0.4, 0.5) is 0 Å². The van der Waals surface area contributed by atoms with Crippen LogP contribution < -0.4 is 0 Å². The Labute approximate surface area is 92.7 Å². The third-order valence-corrected chi connectivity index (χ3v) is 2.66. The van der Waals surface area contributed by atoms with Crippen LogP contribution in [0.1, 0.15) is 13.3 Å². The maximum atomic E-state index is 10.9. The fourth-order valence-corrected chi connectivity index (χ4v) is 1.78. The Bertz CT molecular complexity index is 504. The van der Waals surface area contributed by atoms with Crippen molar-refractivity contribution in [2.75, 3.05) is 0 Å². The lowest BCUT2D eigenvalue weighted by molar-refractivity contribution is -0.117. The van der Waals surface area contributed by atoms with Gasteiger partial charge < -0.3 is 4.57 Å². The van der Waals surface area contributed by atoms with Gasteiger partial charge in [-0.1, -0.05) is 11.6 Å². The number of Topliss-reactive ketones (excluding diaryl/α,β-unsaturated/α-hetero) is 1. The highest BCUT2D eigenvalue weighted by atomic mass is 35.5. The molecule has 0 N–H and O–H groups in total. The molecule has 3 nitrogen and oxygen atoms in total. The minimum absolute atomic E-state index is 0.192. The van der Waals surface area contributed by atoms with Crippen molar-refractivity contribution in [3.05, 3.63) is 29.7 Å². The monoisotopic (exact) mass is 222 g/mol. The van der Waals surface area contributed by atoms with E-state index in [0.717, 1.165) is 10.9 Å².